The largest absolute Gasteiger partial charge is 0.481 e. The second-order valence-electron chi connectivity index (χ2n) is 5.36. The summed E-state index contributed by atoms with van der Waals surface area (Å²) in [6, 6.07) is 0. The molecule has 4 nitrogen and oxygen atoms in total. The molecule has 0 aliphatic rings. The minimum Gasteiger partial charge on any atom is -0.481 e. The molecule has 0 unspecified atom stereocenters. The average Bonchev–Trinajstić information content (AvgIpc) is 2.35. The number of rotatable bonds is 12. The number of unbranched alkanes of at least 4 members (excludes halogenated alkanes) is 4. The fourth-order valence-electron chi connectivity index (χ4n) is 2.34. The van der Waals surface area contributed by atoms with Crippen LogP contribution in [0.15, 0.2) is 0 Å². The van der Waals surface area contributed by atoms with Crippen molar-refractivity contribution < 1.29 is 14.7 Å². The van der Waals surface area contributed by atoms with Crippen molar-refractivity contribution in [2.45, 2.75) is 71.6 Å². The first kappa shape index (κ1) is 17.9. The summed E-state index contributed by atoms with van der Waals surface area (Å²) >= 11 is 0. The van der Waals surface area contributed by atoms with E-state index in [1.165, 1.54) is 0 Å². The summed E-state index contributed by atoms with van der Waals surface area (Å²) in [5.74, 6) is -1.85. The fourth-order valence-corrected chi connectivity index (χ4v) is 2.34. The van der Waals surface area contributed by atoms with E-state index in [9.17, 15) is 14.7 Å². The number of primary amides is 1. The van der Waals surface area contributed by atoms with Crippen molar-refractivity contribution >= 4 is 11.9 Å². The molecule has 2 atom stereocenters. The van der Waals surface area contributed by atoms with E-state index in [4.69, 9.17) is 5.73 Å². The van der Waals surface area contributed by atoms with Gasteiger partial charge in [0, 0.05) is 5.92 Å². The molecule has 0 aromatic rings. The van der Waals surface area contributed by atoms with Gasteiger partial charge in [-0.25, -0.2) is 0 Å². The first-order valence-electron chi connectivity index (χ1n) is 7.55. The SMILES string of the molecule is CCCCC[C@@H](C[C@H](CCCCC)C(=O)O)C(N)=O. The predicted octanol–water partition coefficient (Wildman–Crippen LogP) is 3.34. The summed E-state index contributed by atoms with van der Waals surface area (Å²) in [4.78, 5) is 22.6. The van der Waals surface area contributed by atoms with E-state index in [0.29, 0.717) is 12.8 Å². The maximum Gasteiger partial charge on any atom is 0.306 e. The van der Waals surface area contributed by atoms with Crippen molar-refractivity contribution in [2.24, 2.45) is 17.6 Å². The van der Waals surface area contributed by atoms with Crippen LogP contribution < -0.4 is 5.73 Å². The maximum atomic E-state index is 11.4. The quantitative estimate of drug-likeness (QED) is 0.534. The molecular formula is C15H29NO3. The first-order chi connectivity index (χ1) is 9.02. The molecule has 0 aliphatic heterocycles. The lowest BCUT2D eigenvalue weighted by molar-refractivity contribution is -0.143. The van der Waals surface area contributed by atoms with Crippen LogP contribution in [0.5, 0.6) is 0 Å². The van der Waals surface area contributed by atoms with Crippen molar-refractivity contribution in [3.8, 4) is 0 Å². The van der Waals surface area contributed by atoms with Crippen LogP contribution in [0, 0.1) is 11.8 Å². The molecule has 0 spiro atoms. The molecule has 1 amide bonds. The molecule has 0 aromatic heterocycles. The summed E-state index contributed by atoms with van der Waals surface area (Å²) < 4.78 is 0. The van der Waals surface area contributed by atoms with Crippen LogP contribution >= 0.6 is 0 Å². The molecule has 0 fully saturated rings. The minimum atomic E-state index is -0.794. The lowest BCUT2D eigenvalue weighted by Gasteiger charge is -2.18. The van der Waals surface area contributed by atoms with E-state index in [1.807, 2.05) is 0 Å². The number of hydrogen-bond donors (Lipinski definition) is 2. The highest BCUT2D eigenvalue weighted by Crippen LogP contribution is 2.23. The van der Waals surface area contributed by atoms with Gasteiger partial charge in [-0.15, -0.1) is 0 Å². The normalized spacial score (nSPS) is 14.0. The summed E-state index contributed by atoms with van der Waals surface area (Å²) in [7, 11) is 0. The molecular weight excluding hydrogens is 242 g/mol. The van der Waals surface area contributed by atoms with E-state index >= 15 is 0 Å². The third kappa shape index (κ3) is 8.62. The number of hydrogen-bond acceptors (Lipinski definition) is 2. The zero-order valence-electron chi connectivity index (χ0n) is 12.4. The smallest absolute Gasteiger partial charge is 0.306 e. The van der Waals surface area contributed by atoms with Crippen LogP contribution in [0.25, 0.3) is 0 Å². The number of carboxylic acid groups (broad SMARTS) is 1. The Morgan fingerprint density at radius 1 is 0.947 bits per heavy atom. The van der Waals surface area contributed by atoms with Crippen LogP contribution in [-0.2, 0) is 9.59 Å². The summed E-state index contributed by atoms with van der Waals surface area (Å²) in [6.07, 6.45) is 7.91. The Morgan fingerprint density at radius 2 is 1.42 bits per heavy atom. The number of carboxylic acids is 1. The number of carbonyl (C=O) groups excluding carboxylic acids is 1. The van der Waals surface area contributed by atoms with Gasteiger partial charge in [-0.3, -0.25) is 9.59 Å². The van der Waals surface area contributed by atoms with Crippen LogP contribution in [0.3, 0.4) is 0 Å². The Bertz CT molecular complexity index is 240. The van der Waals surface area contributed by atoms with Gasteiger partial charge in [0.15, 0.2) is 0 Å². The number of nitrogens with two attached hydrogens (primary N) is 1. The van der Waals surface area contributed by atoms with Gasteiger partial charge in [0.2, 0.25) is 5.91 Å². The highest BCUT2D eigenvalue weighted by molar-refractivity contribution is 5.78. The Kier molecular flexibility index (Phi) is 10.2. The molecule has 19 heavy (non-hydrogen) atoms. The van der Waals surface area contributed by atoms with Crippen LogP contribution in [0.2, 0.25) is 0 Å². The van der Waals surface area contributed by atoms with Gasteiger partial charge in [0.25, 0.3) is 0 Å². The molecule has 112 valence electrons. The summed E-state index contributed by atoms with van der Waals surface area (Å²) in [5, 5.41) is 9.22. The predicted molar refractivity (Wildman–Crippen MR) is 76.7 cm³/mol. The number of amides is 1. The molecule has 4 heteroatoms. The number of carbonyl (C=O) groups is 2. The first-order valence-corrected chi connectivity index (χ1v) is 7.55. The monoisotopic (exact) mass is 271 g/mol. The molecule has 0 saturated carbocycles. The van der Waals surface area contributed by atoms with Gasteiger partial charge in [-0.2, -0.15) is 0 Å². The van der Waals surface area contributed by atoms with Crippen LogP contribution in [0.1, 0.15) is 71.6 Å². The Labute approximate surface area is 116 Å². The zero-order chi connectivity index (χ0) is 14.7. The van der Waals surface area contributed by atoms with Gasteiger partial charge in [-0.05, 0) is 19.3 Å². The fraction of sp³-hybridized carbons (Fsp3) is 0.867. The third-order valence-corrected chi connectivity index (χ3v) is 3.63. The minimum absolute atomic E-state index is 0.283. The lowest BCUT2D eigenvalue weighted by Crippen LogP contribution is -2.28. The zero-order valence-corrected chi connectivity index (χ0v) is 12.4. The molecule has 0 heterocycles. The van der Waals surface area contributed by atoms with Gasteiger partial charge >= 0.3 is 5.97 Å². The molecule has 0 bridgehead atoms. The average molecular weight is 271 g/mol. The molecule has 0 aliphatic carbocycles. The van der Waals surface area contributed by atoms with Gasteiger partial charge in [-0.1, -0.05) is 52.4 Å². The van der Waals surface area contributed by atoms with Crippen LogP contribution in [0.4, 0.5) is 0 Å². The highest BCUT2D eigenvalue weighted by Gasteiger charge is 2.25. The van der Waals surface area contributed by atoms with E-state index in [0.717, 1.165) is 44.9 Å². The summed E-state index contributed by atoms with van der Waals surface area (Å²) in [6.45, 7) is 4.19. The van der Waals surface area contributed by atoms with Crippen molar-refractivity contribution in [2.75, 3.05) is 0 Å². The molecule has 0 rings (SSSR count). The van der Waals surface area contributed by atoms with E-state index in [1.54, 1.807) is 0 Å². The van der Waals surface area contributed by atoms with E-state index < -0.39 is 11.9 Å². The second kappa shape index (κ2) is 10.8. The summed E-state index contributed by atoms with van der Waals surface area (Å²) in [5.41, 5.74) is 5.39. The number of aliphatic carboxylic acids is 1. The Morgan fingerprint density at radius 3 is 1.79 bits per heavy atom. The maximum absolute atomic E-state index is 11.4. The molecule has 3 N–H and O–H groups in total. The van der Waals surface area contributed by atoms with Crippen molar-refractivity contribution in [1.82, 2.24) is 0 Å². The van der Waals surface area contributed by atoms with Gasteiger partial charge in [0.05, 0.1) is 5.92 Å². The van der Waals surface area contributed by atoms with Crippen molar-refractivity contribution in [3.63, 3.8) is 0 Å². The van der Waals surface area contributed by atoms with Crippen molar-refractivity contribution in [1.29, 1.82) is 0 Å². The van der Waals surface area contributed by atoms with Gasteiger partial charge in [0.1, 0.15) is 0 Å². The van der Waals surface area contributed by atoms with Gasteiger partial charge < -0.3 is 10.8 Å². The lowest BCUT2D eigenvalue weighted by atomic mass is 9.87. The third-order valence-electron chi connectivity index (χ3n) is 3.63. The van der Waals surface area contributed by atoms with E-state index in [2.05, 4.69) is 13.8 Å². The molecule has 0 aromatic carbocycles. The Balaban J connectivity index is 4.31. The topological polar surface area (TPSA) is 80.4 Å². The standard InChI is InChI=1S/C15H29NO3/c1-3-5-7-9-12(14(16)17)11-13(15(18)19)10-8-6-4-2/h12-13H,3-11H2,1-2H3,(H2,16,17)(H,18,19)/t12-,13-/m0/s1. The Hall–Kier alpha value is -1.06. The highest BCUT2D eigenvalue weighted by atomic mass is 16.4. The van der Waals surface area contributed by atoms with E-state index in [-0.39, 0.29) is 11.8 Å². The second-order valence-corrected chi connectivity index (χ2v) is 5.36. The van der Waals surface area contributed by atoms with Crippen LogP contribution in [-0.4, -0.2) is 17.0 Å². The molecule has 0 saturated heterocycles. The van der Waals surface area contributed by atoms with Crippen molar-refractivity contribution in [3.05, 3.63) is 0 Å². The molecule has 0 radical (unpaired) electrons.